The van der Waals surface area contributed by atoms with E-state index in [9.17, 15) is 4.79 Å². The lowest BCUT2D eigenvalue weighted by Crippen LogP contribution is -2.41. The van der Waals surface area contributed by atoms with E-state index >= 15 is 0 Å². The number of carbonyl (C=O) groups is 1. The van der Waals surface area contributed by atoms with E-state index in [-0.39, 0.29) is 11.5 Å². The van der Waals surface area contributed by atoms with Crippen LogP contribution in [0.1, 0.15) is 18.5 Å². The summed E-state index contributed by atoms with van der Waals surface area (Å²) < 4.78 is 10.2. The first-order chi connectivity index (χ1) is 10.5. The Balaban J connectivity index is 2.69. The van der Waals surface area contributed by atoms with Gasteiger partial charge in [-0.05, 0) is 13.0 Å². The van der Waals surface area contributed by atoms with E-state index in [1.807, 2.05) is 0 Å². The van der Waals surface area contributed by atoms with Crippen molar-refractivity contribution in [2.24, 2.45) is 15.9 Å². The number of esters is 1. The number of nitrogens with two attached hydrogens (primary N) is 1. The van der Waals surface area contributed by atoms with Crippen LogP contribution < -0.4 is 10.5 Å². The molecule has 2 rings (SSSR count). The molecule has 0 bridgehead atoms. The quantitative estimate of drug-likeness (QED) is 0.650. The van der Waals surface area contributed by atoms with Crippen molar-refractivity contribution in [2.75, 3.05) is 14.2 Å². The van der Waals surface area contributed by atoms with Crippen molar-refractivity contribution in [3.8, 4) is 5.75 Å². The van der Waals surface area contributed by atoms with Crippen molar-refractivity contribution in [2.45, 2.75) is 13.0 Å². The van der Waals surface area contributed by atoms with Gasteiger partial charge in [-0.2, -0.15) is 5.53 Å². The lowest BCUT2D eigenvalue weighted by Gasteiger charge is -2.32. The summed E-state index contributed by atoms with van der Waals surface area (Å²) in [5, 5.41) is 4.54. The van der Waals surface area contributed by atoms with Gasteiger partial charge >= 0.3 is 5.97 Å². The van der Waals surface area contributed by atoms with Crippen molar-refractivity contribution in [1.29, 1.82) is 5.53 Å². The molecule has 1 aromatic rings. The van der Waals surface area contributed by atoms with Gasteiger partial charge in [0.1, 0.15) is 11.8 Å². The Bertz CT molecular complexity index is 668. The van der Waals surface area contributed by atoms with E-state index in [2.05, 4.69) is 10.2 Å². The highest BCUT2D eigenvalue weighted by atomic mass is 16.5. The molecule has 0 saturated carbocycles. The molecule has 1 aliphatic rings. The number of guanidine groups is 1. The average Bonchev–Trinajstić information content (AvgIpc) is 2.53. The molecule has 1 unspecified atom stereocenters. The second kappa shape index (κ2) is 6.25. The van der Waals surface area contributed by atoms with Gasteiger partial charge in [0.2, 0.25) is 5.96 Å². The van der Waals surface area contributed by atoms with E-state index in [4.69, 9.17) is 20.7 Å². The number of rotatable bonds is 4. The second-order valence-electron chi connectivity index (χ2n) is 4.55. The van der Waals surface area contributed by atoms with Gasteiger partial charge in [-0.25, -0.2) is 14.8 Å². The minimum atomic E-state index is -0.737. The Morgan fingerprint density at radius 1 is 1.41 bits per heavy atom. The Morgan fingerprint density at radius 3 is 2.68 bits per heavy atom. The highest BCUT2D eigenvalue weighted by molar-refractivity contribution is 5.94. The maximum absolute atomic E-state index is 12.2. The van der Waals surface area contributed by atoms with Crippen LogP contribution in [0.4, 0.5) is 0 Å². The van der Waals surface area contributed by atoms with Crippen molar-refractivity contribution >= 4 is 11.9 Å². The fourth-order valence-electron chi connectivity index (χ4n) is 2.39. The molecule has 0 aromatic heterocycles. The zero-order valence-corrected chi connectivity index (χ0v) is 12.5. The molecule has 0 spiro atoms. The molecule has 1 aliphatic heterocycles. The van der Waals surface area contributed by atoms with Gasteiger partial charge in [0.05, 0.1) is 25.5 Å². The molecule has 1 aromatic carbocycles. The predicted octanol–water partition coefficient (Wildman–Crippen LogP) is 1.76. The van der Waals surface area contributed by atoms with Gasteiger partial charge in [-0.15, -0.1) is 0 Å². The van der Waals surface area contributed by atoms with Crippen molar-refractivity contribution < 1.29 is 14.3 Å². The van der Waals surface area contributed by atoms with Crippen LogP contribution in [0.2, 0.25) is 0 Å². The maximum atomic E-state index is 12.2. The predicted molar refractivity (Wildman–Crippen MR) is 79.1 cm³/mol. The minimum Gasteiger partial charge on any atom is -0.496 e. The van der Waals surface area contributed by atoms with E-state index in [1.54, 1.807) is 31.2 Å². The largest absolute Gasteiger partial charge is 0.496 e. The van der Waals surface area contributed by atoms with E-state index in [0.717, 1.165) is 5.01 Å². The first kappa shape index (κ1) is 15.5. The molecular formula is C14H17N5O3. The molecule has 0 radical (unpaired) electrons. The van der Waals surface area contributed by atoms with Crippen LogP contribution in [-0.4, -0.2) is 31.2 Å². The van der Waals surface area contributed by atoms with Crippen molar-refractivity contribution in [3.63, 3.8) is 0 Å². The lowest BCUT2D eigenvalue weighted by atomic mass is 9.94. The van der Waals surface area contributed by atoms with Gasteiger partial charge in [0.25, 0.3) is 0 Å². The van der Waals surface area contributed by atoms with E-state index in [0.29, 0.717) is 17.0 Å². The molecule has 0 aliphatic carbocycles. The normalized spacial score (nSPS) is 17.9. The fraction of sp³-hybridized carbons (Fsp3) is 0.286. The first-order valence-corrected chi connectivity index (χ1v) is 6.47. The van der Waals surface area contributed by atoms with Crippen molar-refractivity contribution in [3.05, 3.63) is 41.1 Å². The molecule has 22 heavy (non-hydrogen) atoms. The molecule has 8 nitrogen and oxygen atoms in total. The number of ether oxygens (including phenoxy) is 2. The minimum absolute atomic E-state index is 0.0241. The van der Waals surface area contributed by atoms with Crippen LogP contribution in [0.15, 0.2) is 45.8 Å². The molecule has 116 valence electrons. The van der Waals surface area contributed by atoms with Gasteiger partial charge in [-0.1, -0.05) is 23.4 Å². The fourth-order valence-corrected chi connectivity index (χ4v) is 2.39. The molecule has 1 heterocycles. The summed E-state index contributed by atoms with van der Waals surface area (Å²) in [7, 11) is 2.81. The number of allylic oxidation sites excluding steroid dienone is 1. The number of para-hydroxylation sites is 1. The van der Waals surface area contributed by atoms with Crippen LogP contribution in [0, 0.1) is 5.53 Å². The third kappa shape index (κ3) is 2.50. The smallest absolute Gasteiger partial charge is 0.338 e. The molecule has 0 amide bonds. The SMILES string of the molecule is COC(=O)C1=C(C)N=C(N)N(N=N)C1c1ccccc1OC. The number of hydrogen-bond acceptors (Lipinski definition) is 7. The van der Waals surface area contributed by atoms with Crippen LogP contribution >= 0.6 is 0 Å². The number of nitrogens with zero attached hydrogens (tertiary/aromatic N) is 3. The zero-order valence-electron chi connectivity index (χ0n) is 12.5. The summed E-state index contributed by atoms with van der Waals surface area (Å²) in [4.78, 5) is 16.2. The van der Waals surface area contributed by atoms with E-state index in [1.165, 1.54) is 14.2 Å². The number of benzene rings is 1. The zero-order chi connectivity index (χ0) is 16.3. The molecule has 0 fully saturated rings. The summed E-state index contributed by atoms with van der Waals surface area (Å²) in [5.74, 6) is 0.0134. The number of methoxy groups -OCH3 is 2. The summed E-state index contributed by atoms with van der Waals surface area (Å²) in [6.07, 6.45) is 0. The number of hydrogen-bond donors (Lipinski definition) is 2. The van der Waals surface area contributed by atoms with Gasteiger partial charge in [0, 0.05) is 5.56 Å². The molecule has 3 N–H and O–H groups in total. The summed E-state index contributed by atoms with van der Waals surface area (Å²) >= 11 is 0. The number of nitrogens with one attached hydrogen (secondary N) is 1. The first-order valence-electron chi connectivity index (χ1n) is 6.47. The average molecular weight is 303 g/mol. The topological polar surface area (TPSA) is 113 Å². The Hall–Kier alpha value is -2.90. The molecular weight excluding hydrogens is 286 g/mol. The maximum Gasteiger partial charge on any atom is 0.338 e. The Labute approximate surface area is 127 Å². The monoisotopic (exact) mass is 303 g/mol. The van der Waals surface area contributed by atoms with E-state index < -0.39 is 12.0 Å². The summed E-state index contributed by atoms with van der Waals surface area (Å²) in [6.45, 7) is 1.66. The molecule has 8 heteroatoms. The number of carbonyl (C=O) groups excluding carboxylic acids is 1. The highest BCUT2D eigenvalue weighted by Gasteiger charge is 2.37. The summed E-state index contributed by atoms with van der Waals surface area (Å²) in [5.41, 5.74) is 14.5. The van der Waals surface area contributed by atoms with Gasteiger partial charge < -0.3 is 15.2 Å². The van der Waals surface area contributed by atoms with Crippen LogP contribution in [0.5, 0.6) is 5.75 Å². The summed E-state index contributed by atoms with van der Waals surface area (Å²) in [6, 6.07) is 6.39. The van der Waals surface area contributed by atoms with Crippen molar-refractivity contribution in [1.82, 2.24) is 5.01 Å². The van der Waals surface area contributed by atoms with Crippen LogP contribution in [0.3, 0.4) is 0 Å². The third-order valence-corrected chi connectivity index (χ3v) is 3.37. The standard InChI is InChI=1S/C14H17N5O3/c1-8-11(13(20)22-3)12(19(18-16)14(15)17-8)9-6-4-5-7-10(9)21-2/h4-7,12,16H,1-3H3,(H2,15,17). The van der Waals surface area contributed by atoms with Crippen LogP contribution in [-0.2, 0) is 9.53 Å². The Morgan fingerprint density at radius 2 is 2.09 bits per heavy atom. The molecule has 1 atom stereocenters. The lowest BCUT2D eigenvalue weighted by molar-refractivity contribution is -0.137. The third-order valence-electron chi connectivity index (χ3n) is 3.37. The highest BCUT2D eigenvalue weighted by Crippen LogP contribution is 2.39. The number of aliphatic imine (C=N–C) groups is 1. The van der Waals surface area contributed by atoms with Gasteiger partial charge in [-0.3, -0.25) is 0 Å². The molecule has 0 saturated heterocycles. The van der Waals surface area contributed by atoms with Crippen LogP contribution in [0.25, 0.3) is 0 Å². The Kier molecular flexibility index (Phi) is 4.40. The second-order valence-corrected chi connectivity index (χ2v) is 4.55. The van der Waals surface area contributed by atoms with Gasteiger partial charge in [0.15, 0.2) is 0 Å².